The van der Waals surface area contributed by atoms with Crippen LogP contribution in [-0.4, -0.2) is 26.1 Å². The summed E-state index contributed by atoms with van der Waals surface area (Å²) in [4.78, 5) is 19.4. The van der Waals surface area contributed by atoms with Crippen molar-refractivity contribution in [3.8, 4) is 0 Å². The predicted octanol–water partition coefficient (Wildman–Crippen LogP) is 1.80. The fraction of sp³-hybridized carbons (Fsp3) is 0.222. The third-order valence-electron chi connectivity index (χ3n) is 1.83. The van der Waals surface area contributed by atoms with Gasteiger partial charge in [-0.25, -0.2) is 4.98 Å². The summed E-state index contributed by atoms with van der Waals surface area (Å²) in [5, 5.41) is 11.8. The molecular formula is C9H8ClN5OS. The van der Waals surface area contributed by atoms with E-state index in [1.54, 1.807) is 0 Å². The zero-order valence-electron chi connectivity index (χ0n) is 8.85. The van der Waals surface area contributed by atoms with E-state index in [2.05, 4.69) is 25.5 Å². The van der Waals surface area contributed by atoms with Gasteiger partial charge in [0.25, 0.3) is 5.91 Å². The summed E-state index contributed by atoms with van der Waals surface area (Å²) in [6.45, 7) is 1.97. The highest BCUT2D eigenvalue weighted by Crippen LogP contribution is 2.16. The molecule has 1 amide bonds. The fourth-order valence-corrected chi connectivity index (χ4v) is 1.88. The summed E-state index contributed by atoms with van der Waals surface area (Å²) in [5.41, 5.74) is 0.144. The topological polar surface area (TPSA) is 80.7 Å². The van der Waals surface area contributed by atoms with Crippen LogP contribution in [0.4, 0.5) is 5.13 Å². The number of nitrogens with one attached hydrogen (secondary N) is 1. The van der Waals surface area contributed by atoms with Crippen molar-refractivity contribution < 1.29 is 4.79 Å². The highest BCUT2D eigenvalue weighted by atomic mass is 35.5. The van der Waals surface area contributed by atoms with Gasteiger partial charge in [-0.3, -0.25) is 15.1 Å². The molecule has 0 unspecified atom stereocenters. The lowest BCUT2D eigenvalue weighted by molar-refractivity contribution is 0.102. The zero-order valence-corrected chi connectivity index (χ0v) is 10.4. The second-order valence-electron chi connectivity index (χ2n) is 3.04. The first-order valence-corrected chi connectivity index (χ1v) is 5.99. The van der Waals surface area contributed by atoms with Crippen molar-refractivity contribution in [3.63, 3.8) is 0 Å². The molecule has 0 saturated heterocycles. The molecule has 0 aromatic carbocycles. The van der Waals surface area contributed by atoms with E-state index in [0.29, 0.717) is 5.13 Å². The highest BCUT2D eigenvalue weighted by molar-refractivity contribution is 7.15. The summed E-state index contributed by atoms with van der Waals surface area (Å²) in [6.07, 6.45) is 3.48. The zero-order chi connectivity index (χ0) is 12.3. The minimum Gasteiger partial charge on any atom is -0.295 e. The van der Waals surface area contributed by atoms with Gasteiger partial charge < -0.3 is 0 Å². The van der Waals surface area contributed by atoms with Crippen LogP contribution in [0.3, 0.4) is 0 Å². The van der Waals surface area contributed by atoms with Crippen molar-refractivity contribution >= 4 is 34.0 Å². The first kappa shape index (κ1) is 11.9. The van der Waals surface area contributed by atoms with E-state index >= 15 is 0 Å². The minimum atomic E-state index is -0.404. The van der Waals surface area contributed by atoms with E-state index in [1.165, 1.54) is 23.7 Å². The summed E-state index contributed by atoms with van der Waals surface area (Å²) in [6, 6.07) is 0. The van der Waals surface area contributed by atoms with E-state index in [-0.39, 0.29) is 10.8 Å². The number of hydrogen-bond acceptors (Lipinski definition) is 6. The molecule has 0 aliphatic heterocycles. The molecule has 2 rings (SSSR count). The number of carbonyl (C=O) groups is 1. The maximum absolute atomic E-state index is 11.7. The van der Waals surface area contributed by atoms with Crippen LogP contribution in [0.2, 0.25) is 5.15 Å². The van der Waals surface area contributed by atoms with E-state index in [0.717, 1.165) is 11.4 Å². The average Bonchev–Trinajstić information content (AvgIpc) is 2.77. The second kappa shape index (κ2) is 5.15. The van der Waals surface area contributed by atoms with Crippen molar-refractivity contribution in [1.29, 1.82) is 0 Å². The van der Waals surface area contributed by atoms with Gasteiger partial charge in [0, 0.05) is 0 Å². The van der Waals surface area contributed by atoms with Crippen molar-refractivity contribution in [2.45, 2.75) is 13.3 Å². The van der Waals surface area contributed by atoms with Gasteiger partial charge in [-0.05, 0) is 6.42 Å². The standard InChI is InChI=1S/C9H8ClN5OS/c1-2-7-14-15-9(17-7)13-8(16)5-3-11-4-6(10)12-5/h3-4H,2H2,1H3,(H,13,15,16). The molecule has 0 aliphatic rings. The molecule has 8 heteroatoms. The smallest absolute Gasteiger partial charge is 0.277 e. The van der Waals surface area contributed by atoms with Crippen molar-refractivity contribution in [1.82, 2.24) is 20.2 Å². The molecule has 0 spiro atoms. The monoisotopic (exact) mass is 269 g/mol. The Morgan fingerprint density at radius 1 is 1.47 bits per heavy atom. The van der Waals surface area contributed by atoms with Crippen molar-refractivity contribution in [2.24, 2.45) is 0 Å². The van der Waals surface area contributed by atoms with E-state index in [4.69, 9.17) is 11.6 Å². The third-order valence-corrected chi connectivity index (χ3v) is 2.99. The van der Waals surface area contributed by atoms with Crippen LogP contribution in [-0.2, 0) is 6.42 Å². The van der Waals surface area contributed by atoms with E-state index in [9.17, 15) is 4.79 Å². The van der Waals surface area contributed by atoms with Crippen LogP contribution in [0.5, 0.6) is 0 Å². The lowest BCUT2D eigenvalue weighted by Gasteiger charge is -1.99. The Hall–Kier alpha value is -1.60. The van der Waals surface area contributed by atoms with Gasteiger partial charge in [0.1, 0.15) is 15.9 Å². The molecule has 0 fully saturated rings. The van der Waals surface area contributed by atoms with Crippen LogP contribution in [0.15, 0.2) is 12.4 Å². The number of rotatable bonds is 3. The van der Waals surface area contributed by atoms with E-state index in [1.807, 2.05) is 6.92 Å². The molecule has 2 aromatic heterocycles. The molecule has 2 aromatic rings. The summed E-state index contributed by atoms with van der Waals surface area (Å²) in [5.74, 6) is -0.404. The van der Waals surface area contributed by atoms with Gasteiger partial charge in [-0.2, -0.15) is 0 Å². The number of anilines is 1. The average molecular weight is 270 g/mol. The second-order valence-corrected chi connectivity index (χ2v) is 4.48. The van der Waals surface area contributed by atoms with Gasteiger partial charge in [-0.1, -0.05) is 29.9 Å². The van der Waals surface area contributed by atoms with Crippen LogP contribution in [0, 0.1) is 0 Å². The Morgan fingerprint density at radius 3 is 2.94 bits per heavy atom. The Balaban J connectivity index is 2.11. The number of nitrogens with zero attached hydrogens (tertiary/aromatic N) is 4. The number of aryl methyl sites for hydroxylation is 1. The quantitative estimate of drug-likeness (QED) is 0.919. The van der Waals surface area contributed by atoms with Gasteiger partial charge in [-0.15, -0.1) is 10.2 Å². The van der Waals surface area contributed by atoms with Gasteiger partial charge in [0.2, 0.25) is 5.13 Å². The lowest BCUT2D eigenvalue weighted by atomic mass is 10.4. The van der Waals surface area contributed by atoms with Crippen LogP contribution >= 0.6 is 22.9 Å². The lowest BCUT2D eigenvalue weighted by Crippen LogP contribution is -2.13. The molecule has 0 atom stereocenters. The molecule has 0 aliphatic carbocycles. The first-order chi connectivity index (χ1) is 8.19. The number of amides is 1. The molecule has 1 N–H and O–H groups in total. The van der Waals surface area contributed by atoms with Gasteiger partial charge in [0.05, 0.1) is 12.4 Å². The summed E-state index contributed by atoms with van der Waals surface area (Å²) < 4.78 is 0. The Kier molecular flexibility index (Phi) is 3.60. The molecule has 17 heavy (non-hydrogen) atoms. The molecule has 88 valence electrons. The normalized spacial score (nSPS) is 10.2. The summed E-state index contributed by atoms with van der Waals surface area (Å²) in [7, 11) is 0. The van der Waals surface area contributed by atoms with Crippen LogP contribution in [0.1, 0.15) is 22.4 Å². The number of aromatic nitrogens is 4. The maximum atomic E-state index is 11.7. The Labute approximate surface area is 106 Å². The third kappa shape index (κ3) is 2.95. The van der Waals surface area contributed by atoms with Crippen LogP contribution in [0.25, 0.3) is 0 Å². The Morgan fingerprint density at radius 2 is 2.29 bits per heavy atom. The molecule has 0 bridgehead atoms. The molecule has 0 saturated carbocycles. The largest absolute Gasteiger partial charge is 0.295 e. The summed E-state index contributed by atoms with van der Waals surface area (Å²) >= 11 is 6.96. The highest BCUT2D eigenvalue weighted by Gasteiger charge is 2.11. The first-order valence-electron chi connectivity index (χ1n) is 4.80. The van der Waals surface area contributed by atoms with Crippen molar-refractivity contribution in [2.75, 3.05) is 5.32 Å². The number of carbonyl (C=O) groups excluding carboxylic acids is 1. The van der Waals surface area contributed by atoms with Gasteiger partial charge in [0.15, 0.2) is 0 Å². The molecule has 0 radical (unpaired) electrons. The fourth-order valence-electron chi connectivity index (χ4n) is 1.06. The molecule has 6 nitrogen and oxygen atoms in total. The Bertz CT molecular complexity index is 544. The maximum Gasteiger partial charge on any atom is 0.277 e. The molecular weight excluding hydrogens is 262 g/mol. The molecule has 2 heterocycles. The van der Waals surface area contributed by atoms with Crippen molar-refractivity contribution in [3.05, 3.63) is 28.2 Å². The number of hydrogen-bond donors (Lipinski definition) is 1. The minimum absolute atomic E-state index is 0.144. The predicted molar refractivity (Wildman–Crippen MR) is 64.3 cm³/mol. The SMILES string of the molecule is CCc1nnc(NC(=O)c2cncc(Cl)n2)s1. The van der Waals surface area contributed by atoms with E-state index < -0.39 is 5.91 Å². The van der Waals surface area contributed by atoms with Crippen LogP contribution < -0.4 is 5.32 Å². The number of halogens is 1. The van der Waals surface area contributed by atoms with Gasteiger partial charge >= 0.3 is 0 Å².